The van der Waals surface area contributed by atoms with E-state index in [1.54, 1.807) is 12.1 Å². The lowest BCUT2D eigenvalue weighted by Gasteiger charge is -2.38. The minimum atomic E-state index is -0.458. The Labute approximate surface area is 147 Å². The highest BCUT2D eigenvalue weighted by atomic mass is 35.5. The molecule has 3 rings (SSSR count). The highest BCUT2D eigenvalue weighted by Crippen LogP contribution is 2.34. The molecule has 0 radical (unpaired) electrons. The maximum absolute atomic E-state index is 13.2. The number of hydrogen-bond acceptors (Lipinski definition) is 4. The summed E-state index contributed by atoms with van der Waals surface area (Å²) >= 11 is 0. The Balaban J connectivity index is 0.00000208. The van der Waals surface area contributed by atoms with E-state index in [1.165, 1.54) is 12.1 Å². The van der Waals surface area contributed by atoms with Crippen molar-refractivity contribution in [2.24, 2.45) is 0 Å². The predicted molar refractivity (Wildman–Crippen MR) is 90.8 cm³/mol. The van der Waals surface area contributed by atoms with Gasteiger partial charge in [-0.2, -0.15) is 0 Å². The average molecular weight is 359 g/mol. The number of benzene rings is 1. The van der Waals surface area contributed by atoms with Crippen molar-refractivity contribution in [3.63, 3.8) is 0 Å². The Morgan fingerprint density at radius 3 is 2.58 bits per heavy atom. The number of aliphatic hydroxyl groups is 1. The van der Waals surface area contributed by atoms with E-state index in [1.807, 2.05) is 0 Å². The summed E-state index contributed by atoms with van der Waals surface area (Å²) in [7, 11) is 0. The van der Waals surface area contributed by atoms with Gasteiger partial charge in [-0.15, -0.1) is 12.4 Å². The fourth-order valence-electron chi connectivity index (χ4n) is 3.43. The van der Waals surface area contributed by atoms with Gasteiger partial charge in [-0.25, -0.2) is 4.39 Å². The lowest BCUT2D eigenvalue weighted by Crippen LogP contribution is -2.48. The van der Waals surface area contributed by atoms with Crippen molar-refractivity contribution in [3.8, 4) is 0 Å². The van der Waals surface area contributed by atoms with Gasteiger partial charge in [0.05, 0.1) is 12.1 Å². The molecule has 2 atom stereocenters. The molecule has 0 aliphatic carbocycles. The van der Waals surface area contributed by atoms with Crippen molar-refractivity contribution >= 4 is 18.3 Å². The van der Waals surface area contributed by atoms with E-state index in [0.717, 1.165) is 18.4 Å². The summed E-state index contributed by atoms with van der Waals surface area (Å²) in [5.74, 6) is -0.348. The average Bonchev–Trinajstić information content (AvgIpc) is 3.01. The highest BCUT2D eigenvalue weighted by molar-refractivity contribution is 5.85. The van der Waals surface area contributed by atoms with Crippen LogP contribution >= 0.6 is 12.4 Å². The molecular formula is C17H24ClFN2O3. The third-order valence-electron chi connectivity index (χ3n) is 4.93. The van der Waals surface area contributed by atoms with Crippen LogP contribution in [0.2, 0.25) is 0 Å². The molecule has 1 aromatic carbocycles. The molecule has 3 N–H and O–H groups in total. The van der Waals surface area contributed by atoms with E-state index in [-0.39, 0.29) is 35.6 Å². The topological polar surface area (TPSA) is 70.6 Å². The van der Waals surface area contributed by atoms with Gasteiger partial charge in [-0.1, -0.05) is 12.1 Å². The zero-order valence-electron chi connectivity index (χ0n) is 13.5. The van der Waals surface area contributed by atoms with Crippen molar-refractivity contribution in [2.75, 3.05) is 26.3 Å². The van der Waals surface area contributed by atoms with Gasteiger partial charge in [0.2, 0.25) is 5.91 Å². The van der Waals surface area contributed by atoms with Gasteiger partial charge in [0.15, 0.2) is 0 Å². The van der Waals surface area contributed by atoms with Gasteiger partial charge in [0.1, 0.15) is 5.82 Å². The minimum absolute atomic E-state index is 0. The number of carbonyl (C=O) groups excluding carboxylic acids is 1. The van der Waals surface area contributed by atoms with Gasteiger partial charge in [-0.3, -0.25) is 4.79 Å². The Bertz CT molecular complexity index is 549. The lowest BCUT2D eigenvalue weighted by atomic mass is 9.74. The van der Waals surface area contributed by atoms with Crippen LogP contribution in [0.5, 0.6) is 0 Å². The summed E-state index contributed by atoms with van der Waals surface area (Å²) in [6, 6.07) is 6.18. The quantitative estimate of drug-likeness (QED) is 0.754. The summed E-state index contributed by atoms with van der Waals surface area (Å²) in [5.41, 5.74) is 0.806. The third kappa shape index (κ3) is 4.25. The van der Waals surface area contributed by atoms with E-state index < -0.39 is 6.10 Å². The van der Waals surface area contributed by atoms with Gasteiger partial charge in [-0.05, 0) is 37.0 Å². The second kappa shape index (κ2) is 8.25. The Hall–Kier alpha value is -1.21. The first-order chi connectivity index (χ1) is 11.1. The summed E-state index contributed by atoms with van der Waals surface area (Å²) in [5, 5.41) is 15.5. The maximum atomic E-state index is 13.2. The van der Waals surface area contributed by atoms with Crippen molar-refractivity contribution < 1.29 is 19.0 Å². The van der Waals surface area contributed by atoms with E-state index >= 15 is 0 Å². The Kier molecular flexibility index (Phi) is 6.57. The molecule has 134 valence electrons. The molecule has 0 bridgehead atoms. The molecule has 0 spiro atoms. The minimum Gasteiger partial charge on any atom is -0.392 e. The van der Waals surface area contributed by atoms with E-state index in [9.17, 15) is 14.3 Å². The number of carbonyl (C=O) groups is 1. The van der Waals surface area contributed by atoms with Gasteiger partial charge < -0.3 is 20.5 Å². The number of hydrogen-bond donors (Lipinski definition) is 3. The smallest absolute Gasteiger partial charge is 0.237 e. The molecule has 0 saturated carbocycles. The molecule has 2 fully saturated rings. The van der Waals surface area contributed by atoms with Crippen LogP contribution in [0.25, 0.3) is 0 Å². The van der Waals surface area contributed by atoms with Crippen LogP contribution in [0.15, 0.2) is 24.3 Å². The van der Waals surface area contributed by atoms with Crippen molar-refractivity contribution in [1.82, 2.24) is 10.6 Å². The molecule has 0 aromatic heterocycles. The summed E-state index contributed by atoms with van der Waals surface area (Å²) in [6.07, 6.45) is 1.57. The molecule has 2 saturated heterocycles. The van der Waals surface area contributed by atoms with Crippen LogP contribution in [0.3, 0.4) is 0 Å². The van der Waals surface area contributed by atoms with Crippen LogP contribution in [0.4, 0.5) is 4.39 Å². The summed E-state index contributed by atoms with van der Waals surface area (Å²) < 4.78 is 18.7. The SMILES string of the molecule is Cl.O=C(NCC1(c2ccc(F)cc2)CCOCC1)C1CC(O)CN1. The van der Waals surface area contributed by atoms with Crippen molar-refractivity contribution in [2.45, 2.75) is 36.8 Å². The second-order valence-corrected chi connectivity index (χ2v) is 6.47. The van der Waals surface area contributed by atoms with Gasteiger partial charge in [0.25, 0.3) is 0 Å². The number of ether oxygens (including phenoxy) is 1. The molecule has 2 aliphatic rings. The lowest BCUT2D eigenvalue weighted by molar-refractivity contribution is -0.123. The molecule has 2 unspecified atom stereocenters. The van der Waals surface area contributed by atoms with Gasteiger partial charge in [0, 0.05) is 31.7 Å². The standard InChI is InChI=1S/C17H23FN2O3.ClH/c18-13-3-1-12(2-4-13)17(5-7-23-8-6-17)11-20-16(22)15-9-14(21)10-19-15;/h1-4,14-15,19,21H,5-11H2,(H,20,22);1H. The molecule has 7 heteroatoms. The number of rotatable bonds is 4. The largest absolute Gasteiger partial charge is 0.392 e. The fraction of sp³-hybridized carbons (Fsp3) is 0.588. The number of amides is 1. The first kappa shape index (κ1) is 19.1. The monoisotopic (exact) mass is 358 g/mol. The van der Waals surface area contributed by atoms with Crippen LogP contribution < -0.4 is 10.6 Å². The van der Waals surface area contributed by atoms with Gasteiger partial charge >= 0.3 is 0 Å². The zero-order chi connectivity index (χ0) is 16.3. The number of β-amino-alcohol motifs (C(OH)–C–C–N with tert-alkyl or cyclic N) is 1. The number of halogens is 2. The Morgan fingerprint density at radius 2 is 2.00 bits per heavy atom. The predicted octanol–water partition coefficient (Wildman–Crippen LogP) is 1.13. The van der Waals surface area contributed by atoms with Crippen LogP contribution in [0, 0.1) is 5.82 Å². The summed E-state index contributed by atoms with van der Waals surface area (Å²) in [4.78, 5) is 12.3. The maximum Gasteiger partial charge on any atom is 0.237 e. The summed E-state index contributed by atoms with van der Waals surface area (Å²) in [6.45, 7) is 2.21. The third-order valence-corrected chi connectivity index (χ3v) is 4.93. The number of aliphatic hydroxyl groups excluding tert-OH is 1. The normalized spacial score (nSPS) is 25.8. The molecule has 24 heavy (non-hydrogen) atoms. The van der Waals surface area contributed by atoms with Crippen LogP contribution in [-0.2, 0) is 14.9 Å². The fourth-order valence-corrected chi connectivity index (χ4v) is 3.43. The second-order valence-electron chi connectivity index (χ2n) is 6.47. The first-order valence-electron chi connectivity index (χ1n) is 8.12. The van der Waals surface area contributed by atoms with E-state index in [4.69, 9.17) is 4.74 Å². The van der Waals surface area contributed by atoms with Crippen LogP contribution in [-0.4, -0.2) is 49.5 Å². The highest BCUT2D eigenvalue weighted by Gasteiger charge is 2.36. The molecule has 5 nitrogen and oxygen atoms in total. The molecule has 1 aromatic rings. The zero-order valence-corrected chi connectivity index (χ0v) is 14.3. The molecular weight excluding hydrogens is 335 g/mol. The molecule has 1 amide bonds. The van der Waals surface area contributed by atoms with E-state index in [0.29, 0.717) is 32.7 Å². The first-order valence-corrected chi connectivity index (χ1v) is 8.12. The molecule has 2 heterocycles. The Morgan fingerprint density at radius 1 is 1.33 bits per heavy atom. The molecule has 2 aliphatic heterocycles. The number of nitrogens with one attached hydrogen (secondary N) is 2. The van der Waals surface area contributed by atoms with Crippen LogP contribution in [0.1, 0.15) is 24.8 Å². The van der Waals surface area contributed by atoms with Crippen molar-refractivity contribution in [3.05, 3.63) is 35.6 Å². The van der Waals surface area contributed by atoms with E-state index in [2.05, 4.69) is 10.6 Å². The van der Waals surface area contributed by atoms with Crippen molar-refractivity contribution in [1.29, 1.82) is 0 Å².